The minimum Gasteiger partial charge on any atom is -0.665 e. The average molecular weight is 525 g/mol. The van der Waals surface area contributed by atoms with Crippen LogP contribution in [-0.4, -0.2) is 0 Å². The first-order valence-corrected chi connectivity index (χ1v) is 8.69. The Kier molecular flexibility index (Phi) is 4.81. The predicted molar refractivity (Wildman–Crippen MR) is 108 cm³/mol. The van der Waals surface area contributed by atoms with Crippen molar-refractivity contribution in [1.29, 1.82) is 0 Å². The number of allylic oxidation sites excluding steroid dienone is 2. The van der Waals surface area contributed by atoms with E-state index in [9.17, 15) is 0 Å². The summed E-state index contributed by atoms with van der Waals surface area (Å²) in [6.45, 7) is 0. The van der Waals surface area contributed by atoms with Crippen molar-refractivity contribution in [1.82, 2.24) is 0 Å². The van der Waals surface area contributed by atoms with Gasteiger partial charge in [-0.1, -0.05) is 84.9 Å². The summed E-state index contributed by atoms with van der Waals surface area (Å²) >= 11 is 0. The second kappa shape index (κ2) is 7.40. The zero-order valence-electron chi connectivity index (χ0n) is 14.5. The molecule has 133 valence electrons. The van der Waals surface area contributed by atoms with Crippen LogP contribution in [0.25, 0.3) is 21.8 Å². The van der Waals surface area contributed by atoms with Gasteiger partial charge in [0.25, 0.3) is 0 Å². The summed E-state index contributed by atoms with van der Waals surface area (Å²) < 4.78 is 0. The molecular weight excluding hydrogens is 508 g/mol. The van der Waals surface area contributed by atoms with Crippen LogP contribution in [0.2, 0.25) is 0 Å². The summed E-state index contributed by atoms with van der Waals surface area (Å²) in [6.07, 6.45) is 7.90. The maximum atomic E-state index is 4.67. The van der Waals surface area contributed by atoms with Crippen LogP contribution in [0.1, 0.15) is 11.1 Å². The largest absolute Gasteiger partial charge is 0.665 e. The summed E-state index contributed by atoms with van der Waals surface area (Å²) in [7, 11) is 0. The van der Waals surface area contributed by atoms with E-state index in [1.54, 1.807) is 0 Å². The second-order valence-electron chi connectivity index (χ2n) is 6.31. The summed E-state index contributed by atoms with van der Waals surface area (Å²) in [5.74, 6) is 0. The van der Waals surface area contributed by atoms with E-state index in [0.717, 1.165) is 21.8 Å². The van der Waals surface area contributed by atoms with Gasteiger partial charge in [-0.25, -0.2) is 0 Å². The van der Waals surface area contributed by atoms with E-state index in [2.05, 4.69) is 83.4 Å². The molecule has 2 aliphatic rings. The van der Waals surface area contributed by atoms with Crippen molar-refractivity contribution in [2.45, 2.75) is 0 Å². The Morgan fingerprint density at radius 2 is 0.889 bits per heavy atom. The van der Waals surface area contributed by atoms with Crippen LogP contribution in [0.15, 0.2) is 97.3 Å². The van der Waals surface area contributed by atoms with Gasteiger partial charge in [0.1, 0.15) is 0 Å². The molecule has 27 heavy (non-hydrogen) atoms. The first kappa shape index (κ1) is 17.5. The van der Waals surface area contributed by atoms with Crippen LogP contribution in [-0.2, 0) is 20.1 Å². The molecule has 0 unspecified atom stereocenters. The fourth-order valence-corrected chi connectivity index (χ4v) is 3.57. The van der Waals surface area contributed by atoms with Crippen LogP contribution in [0.3, 0.4) is 0 Å². The van der Waals surface area contributed by atoms with Gasteiger partial charge < -0.3 is 10.6 Å². The van der Waals surface area contributed by atoms with Gasteiger partial charge in [0.15, 0.2) is 0 Å². The van der Waals surface area contributed by atoms with E-state index >= 15 is 0 Å². The number of rotatable bonds is 2. The van der Waals surface area contributed by atoms with E-state index in [4.69, 9.17) is 0 Å². The van der Waals surface area contributed by atoms with Gasteiger partial charge in [-0.3, -0.25) is 0 Å². The van der Waals surface area contributed by atoms with Gasteiger partial charge in [0, 0.05) is 20.1 Å². The maximum absolute atomic E-state index is 4.67. The van der Waals surface area contributed by atoms with Gasteiger partial charge in [-0.15, -0.1) is 11.4 Å². The molecule has 2 aliphatic heterocycles. The fraction of sp³-hybridized carbons (Fsp3) is 0. The van der Waals surface area contributed by atoms with Crippen molar-refractivity contribution in [3.8, 4) is 0 Å². The Hall–Kier alpha value is -2.87. The van der Waals surface area contributed by atoms with Crippen molar-refractivity contribution < 1.29 is 20.1 Å². The number of benzene rings is 3. The van der Waals surface area contributed by atoms with E-state index in [-0.39, 0.29) is 20.1 Å². The Balaban J connectivity index is 0.00000180. The quantitative estimate of drug-likeness (QED) is 0.444. The maximum Gasteiger partial charge on any atom is 0 e. The molecule has 3 heteroatoms. The minimum atomic E-state index is 0. The van der Waals surface area contributed by atoms with Gasteiger partial charge in [0.2, 0.25) is 0 Å². The molecule has 0 saturated heterocycles. The number of fused-ring (bicyclic) bond motifs is 3. The monoisotopic (exact) mass is 525 g/mol. The van der Waals surface area contributed by atoms with E-state index in [1.165, 1.54) is 22.3 Å². The Morgan fingerprint density at radius 1 is 0.481 bits per heavy atom. The number of hydrogen-bond donors (Lipinski definition) is 0. The van der Waals surface area contributed by atoms with Crippen LogP contribution in [0, 0.1) is 0 Å². The molecule has 0 spiro atoms. The third-order valence-corrected chi connectivity index (χ3v) is 4.79. The molecule has 3 aromatic carbocycles. The van der Waals surface area contributed by atoms with Crippen molar-refractivity contribution in [2.75, 3.05) is 0 Å². The van der Waals surface area contributed by atoms with Crippen LogP contribution in [0.5, 0.6) is 0 Å². The van der Waals surface area contributed by atoms with Crippen LogP contribution < -0.4 is 10.4 Å². The molecule has 0 N–H and O–H groups in total. The predicted octanol–water partition coefficient (Wildman–Crippen LogP) is 5.15. The Bertz CT molecular complexity index is 1070. The van der Waals surface area contributed by atoms with Crippen molar-refractivity contribution >= 4 is 22.5 Å². The molecule has 0 bridgehead atoms. The summed E-state index contributed by atoms with van der Waals surface area (Å²) in [5, 5.41) is 11.6. The molecule has 0 fully saturated rings. The molecule has 0 aliphatic carbocycles. The third-order valence-electron chi connectivity index (χ3n) is 4.79. The molecule has 5 rings (SSSR count). The Labute approximate surface area is 172 Å². The van der Waals surface area contributed by atoms with Gasteiger partial charge in [0.05, 0.1) is 0 Å². The van der Waals surface area contributed by atoms with Crippen LogP contribution in [0.4, 0.5) is 11.4 Å². The normalized spacial score (nSPS) is 13.8. The first-order valence-electron chi connectivity index (χ1n) is 8.69. The zero-order valence-corrected chi connectivity index (χ0v) is 16.9. The molecule has 0 aromatic heterocycles. The molecule has 3 aromatic rings. The smallest absolute Gasteiger partial charge is 0 e. The van der Waals surface area contributed by atoms with Crippen molar-refractivity contribution in [3.05, 3.63) is 130 Å². The second-order valence-corrected chi connectivity index (χ2v) is 6.31. The molecule has 0 atom stereocenters. The molecular formula is C24H16IrN2-2. The zero-order chi connectivity index (χ0) is 17.3. The molecule has 2 heterocycles. The van der Waals surface area contributed by atoms with E-state index < -0.39 is 0 Å². The molecule has 1 radical (unpaired) electrons. The number of hydrogen-bond acceptors (Lipinski definition) is 0. The first-order chi connectivity index (χ1) is 12.9. The topological polar surface area (TPSA) is 28.2 Å². The minimum absolute atomic E-state index is 0. The van der Waals surface area contributed by atoms with Crippen molar-refractivity contribution in [2.24, 2.45) is 0 Å². The van der Waals surface area contributed by atoms with Crippen molar-refractivity contribution in [3.63, 3.8) is 0 Å². The fourth-order valence-electron chi connectivity index (χ4n) is 3.57. The van der Waals surface area contributed by atoms with Gasteiger partial charge >= 0.3 is 0 Å². The SMILES string of the molecule is C1=CC(c2ccccc2)=c2ccc3c(c2[N-]1)[N-]C=CC=3c1ccccc1.[Ir]. The van der Waals surface area contributed by atoms with Gasteiger partial charge in [-0.05, 0) is 32.7 Å². The van der Waals surface area contributed by atoms with E-state index in [1.807, 2.05) is 24.5 Å². The third kappa shape index (κ3) is 3.06. The average Bonchev–Trinajstić information content (AvgIpc) is 2.74. The Morgan fingerprint density at radius 3 is 1.30 bits per heavy atom. The summed E-state index contributed by atoms with van der Waals surface area (Å²) in [6, 6.07) is 25.2. The van der Waals surface area contributed by atoms with E-state index in [0.29, 0.717) is 0 Å². The van der Waals surface area contributed by atoms with Crippen LogP contribution >= 0.6 is 0 Å². The van der Waals surface area contributed by atoms with Gasteiger partial charge in [-0.2, -0.15) is 12.4 Å². The summed E-state index contributed by atoms with van der Waals surface area (Å²) in [4.78, 5) is 0. The number of nitrogens with zero attached hydrogens (tertiary/aromatic N) is 2. The molecule has 2 nitrogen and oxygen atoms in total. The molecule has 0 amide bonds. The molecule has 0 saturated carbocycles. The standard InChI is InChI=1S/C24H16N2.Ir/c1-3-7-17(8-4-1)19-13-15-25-23-21(19)11-12-22-20(14-16-26-24(22)23)18-9-5-2-6-10-18;/h1-16H;/q-2;. The summed E-state index contributed by atoms with van der Waals surface area (Å²) in [5.41, 5.74) is 6.65.